The molecular weight excluding hydrogens is 246 g/mol. The Hall–Kier alpha value is -0.120. The SMILES string of the molecule is CCCC(NC(C)CCCN(CC)CC)N(CC)CC. The smallest absolute Gasteiger partial charge is 0.0598 e. The molecule has 0 rings (SSSR count). The molecule has 0 aliphatic rings. The van der Waals surface area contributed by atoms with Gasteiger partial charge in [0.15, 0.2) is 0 Å². The summed E-state index contributed by atoms with van der Waals surface area (Å²) in [4.78, 5) is 5.06. The van der Waals surface area contributed by atoms with Crippen LogP contribution in [0.4, 0.5) is 0 Å². The molecule has 122 valence electrons. The van der Waals surface area contributed by atoms with Gasteiger partial charge in [0, 0.05) is 6.04 Å². The molecule has 0 radical (unpaired) electrons. The van der Waals surface area contributed by atoms with Gasteiger partial charge in [-0.1, -0.05) is 41.0 Å². The van der Waals surface area contributed by atoms with Crippen molar-refractivity contribution in [2.75, 3.05) is 32.7 Å². The second-order valence-corrected chi connectivity index (χ2v) is 5.76. The summed E-state index contributed by atoms with van der Waals surface area (Å²) in [7, 11) is 0. The molecule has 0 heterocycles. The number of hydrogen-bond donors (Lipinski definition) is 1. The number of hydrogen-bond acceptors (Lipinski definition) is 3. The fraction of sp³-hybridized carbons (Fsp3) is 1.00. The quantitative estimate of drug-likeness (QED) is 0.522. The van der Waals surface area contributed by atoms with E-state index in [4.69, 9.17) is 0 Å². The first-order valence-corrected chi connectivity index (χ1v) is 8.85. The molecule has 3 nitrogen and oxygen atoms in total. The molecule has 0 saturated heterocycles. The maximum absolute atomic E-state index is 3.84. The summed E-state index contributed by atoms with van der Waals surface area (Å²) in [6.07, 6.45) is 5.63. The highest BCUT2D eigenvalue weighted by atomic mass is 15.3. The van der Waals surface area contributed by atoms with Crippen molar-refractivity contribution in [1.82, 2.24) is 15.1 Å². The van der Waals surface area contributed by atoms with E-state index in [1.54, 1.807) is 0 Å². The van der Waals surface area contributed by atoms with Crippen LogP contribution in [0.1, 0.15) is 67.2 Å². The molecule has 0 amide bonds. The van der Waals surface area contributed by atoms with Gasteiger partial charge >= 0.3 is 0 Å². The van der Waals surface area contributed by atoms with Crippen molar-refractivity contribution < 1.29 is 0 Å². The lowest BCUT2D eigenvalue weighted by molar-refractivity contribution is 0.155. The molecule has 0 saturated carbocycles. The van der Waals surface area contributed by atoms with E-state index in [1.165, 1.54) is 45.3 Å². The minimum Gasteiger partial charge on any atom is -0.304 e. The third-order valence-corrected chi connectivity index (χ3v) is 4.30. The van der Waals surface area contributed by atoms with Crippen molar-refractivity contribution in [1.29, 1.82) is 0 Å². The number of nitrogens with zero attached hydrogens (tertiary/aromatic N) is 2. The van der Waals surface area contributed by atoms with Crippen molar-refractivity contribution in [3.63, 3.8) is 0 Å². The monoisotopic (exact) mass is 285 g/mol. The van der Waals surface area contributed by atoms with E-state index >= 15 is 0 Å². The third-order valence-electron chi connectivity index (χ3n) is 4.30. The van der Waals surface area contributed by atoms with Crippen LogP contribution in [0, 0.1) is 0 Å². The average Bonchev–Trinajstić information content (AvgIpc) is 2.45. The van der Waals surface area contributed by atoms with E-state index in [0.29, 0.717) is 12.2 Å². The van der Waals surface area contributed by atoms with Gasteiger partial charge in [-0.15, -0.1) is 0 Å². The predicted molar refractivity (Wildman–Crippen MR) is 91.2 cm³/mol. The van der Waals surface area contributed by atoms with Crippen LogP contribution in [-0.4, -0.2) is 54.7 Å². The van der Waals surface area contributed by atoms with E-state index < -0.39 is 0 Å². The maximum Gasteiger partial charge on any atom is 0.0598 e. The summed E-state index contributed by atoms with van der Waals surface area (Å²) in [6.45, 7) is 19.5. The average molecular weight is 286 g/mol. The van der Waals surface area contributed by atoms with Gasteiger partial charge in [0.2, 0.25) is 0 Å². The molecule has 0 bridgehead atoms. The first-order chi connectivity index (χ1) is 9.62. The minimum atomic E-state index is 0.554. The maximum atomic E-state index is 3.84. The lowest BCUT2D eigenvalue weighted by atomic mass is 10.1. The fourth-order valence-electron chi connectivity index (χ4n) is 2.88. The molecule has 0 spiro atoms. The van der Waals surface area contributed by atoms with Gasteiger partial charge < -0.3 is 4.90 Å². The van der Waals surface area contributed by atoms with Crippen LogP contribution >= 0.6 is 0 Å². The van der Waals surface area contributed by atoms with E-state index in [0.717, 1.165) is 13.1 Å². The first-order valence-electron chi connectivity index (χ1n) is 8.85. The first kappa shape index (κ1) is 19.9. The van der Waals surface area contributed by atoms with Crippen molar-refractivity contribution in [3.8, 4) is 0 Å². The van der Waals surface area contributed by atoms with Gasteiger partial charge in [0.1, 0.15) is 0 Å². The molecule has 0 aliphatic carbocycles. The summed E-state index contributed by atoms with van der Waals surface area (Å²) >= 11 is 0. The van der Waals surface area contributed by atoms with Crippen LogP contribution in [0.15, 0.2) is 0 Å². The van der Waals surface area contributed by atoms with E-state index in [9.17, 15) is 0 Å². The van der Waals surface area contributed by atoms with Gasteiger partial charge in [-0.25, -0.2) is 0 Å². The Labute approximate surface area is 128 Å². The Morgan fingerprint density at radius 3 is 1.90 bits per heavy atom. The molecule has 0 aromatic rings. The normalized spacial score (nSPS) is 15.0. The summed E-state index contributed by atoms with van der Waals surface area (Å²) in [5.41, 5.74) is 0. The zero-order valence-corrected chi connectivity index (χ0v) is 14.9. The van der Waals surface area contributed by atoms with Crippen molar-refractivity contribution in [2.45, 2.75) is 79.4 Å². The standard InChI is InChI=1S/C17H39N3/c1-7-13-17(20(10-4)11-5)18-16(6)14-12-15-19(8-2)9-3/h16-18H,7-15H2,1-6H3. The molecule has 0 aromatic carbocycles. The minimum absolute atomic E-state index is 0.554. The number of nitrogens with one attached hydrogen (secondary N) is 1. The Morgan fingerprint density at radius 2 is 1.45 bits per heavy atom. The zero-order chi connectivity index (χ0) is 15.4. The van der Waals surface area contributed by atoms with E-state index in [-0.39, 0.29) is 0 Å². The molecular formula is C17H39N3. The second kappa shape index (κ2) is 12.6. The second-order valence-electron chi connectivity index (χ2n) is 5.76. The van der Waals surface area contributed by atoms with Crippen LogP contribution in [-0.2, 0) is 0 Å². The Morgan fingerprint density at radius 1 is 0.850 bits per heavy atom. The van der Waals surface area contributed by atoms with Gasteiger partial charge in [-0.3, -0.25) is 10.2 Å². The molecule has 3 heteroatoms. The fourth-order valence-corrected chi connectivity index (χ4v) is 2.88. The van der Waals surface area contributed by atoms with E-state index in [1.807, 2.05) is 0 Å². The van der Waals surface area contributed by atoms with Gasteiger partial charge in [0.05, 0.1) is 6.17 Å². The van der Waals surface area contributed by atoms with Gasteiger partial charge in [-0.2, -0.15) is 0 Å². The van der Waals surface area contributed by atoms with Crippen molar-refractivity contribution in [2.24, 2.45) is 0 Å². The lowest BCUT2D eigenvalue weighted by Crippen LogP contribution is -2.49. The van der Waals surface area contributed by atoms with Gasteiger partial charge in [0.25, 0.3) is 0 Å². The Balaban J connectivity index is 4.08. The molecule has 0 aromatic heterocycles. The predicted octanol–water partition coefficient (Wildman–Crippen LogP) is 3.55. The van der Waals surface area contributed by atoms with Gasteiger partial charge in [-0.05, 0) is 58.9 Å². The van der Waals surface area contributed by atoms with Crippen LogP contribution < -0.4 is 5.32 Å². The highest BCUT2D eigenvalue weighted by molar-refractivity contribution is 4.72. The largest absolute Gasteiger partial charge is 0.304 e. The molecule has 0 fully saturated rings. The topological polar surface area (TPSA) is 18.5 Å². The Kier molecular flexibility index (Phi) is 12.5. The van der Waals surface area contributed by atoms with Crippen LogP contribution in [0.2, 0.25) is 0 Å². The summed E-state index contributed by atoms with van der Waals surface area (Å²) in [5, 5.41) is 3.84. The van der Waals surface area contributed by atoms with E-state index in [2.05, 4.69) is 56.7 Å². The highest BCUT2D eigenvalue weighted by Crippen LogP contribution is 2.08. The third kappa shape index (κ3) is 8.23. The van der Waals surface area contributed by atoms with Crippen LogP contribution in [0.25, 0.3) is 0 Å². The zero-order valence-electron chi connectivity index (χ0n) is 14.9. The molecule has 0 aliphatic heterocycles. The molecule has 1 N–H and O–H groups in total. The summed E-state index contributed by atoms with van der Waals surface area (Å²) < 4.78 is 0. The van der Waals surface area contributed by atoms with Crippen molar-refractivity contribution in [3.05, 3.63) is 0 Å². The van der Waals surface area contributed by atoms with Crippen LogP contribution in [0.3, 0.4) is 0 Å². The highest BCUT2D eigenvalue weighted by Gasteiger charge is 2.16. The number of rotatable bonds is 13. The molecule has 2 atom stereocenters. The molecule has 20 heavy (non-hydrogen) atoms. The van der Waals surface area contributed by atoms with Crippen LogP contribution in [0.5, 0.6) is 0 Å². The van der Waals surface area contributed by atoms with Crippen molar-refractivity contribution >= 4 is 0 Å². The Bertz CT molecular complexity index is 200. The summed E-state index contributed by atoms with van der Waals surface area (Å²) in [5.74, 6) is 0. The lowest BCUT2D eigenvalue weighted by Gasteiger charge is -2.33. The summed E-state index contributed by atoms with van der Waals surface area (Å²) in [6, 6.07) is 0.614. The molecule has 2 unspecified atom stereocenters.